The Morgan fingerprint density at radius 1 is 1.32 bits per heavy atom. The number of rotatable bonds is 8. The van der Waals surface area contributed by atoms with Crippen LogP contribution in [-0.2, 0) is 11.3 Å². The van der Waals surface area contributed by atoms with Crippen molar-refractivity contribution in [2.45, 2.75) is 13.0 Å². The summed E-state index contributed by atoms with van der Waals surface area (Å²) in [5.74, 6) is -0.280. The summed E-state index contributed by atoms with van der Waals surface area (Å²) >= 11 is 0. The van der Waals surface area contributed by atoms with E-state index in [0.29, 0.717) is 6.54 Å². The largest absolute Gasteiger partial charge is 0.351 e. The van der Waals surface area contributed by atoms with E-state index in [-0.39, 0.29) is 25.5 Å². The number of carbonyl (C=O) groups is 1. The van der Waals surface area contributed by atoms with E-state index in [1.807, 2.05) is 30.3 Å². The van der Waals surface area contributed by atoms with Gasteiger partial charge in [0.2, 0.25) is 5.91 Å². The molecule has 0 saturated heterocycles. The Balaban J connectivity index is 2.35. The zero-order chi connectivity index (χ0) is 14.1. The molecule has 1 aromatic carbocycles. The standard InChI is InChI=1S/C13H19F2N3O/c14-12(15)9-18(7-6-16)10-13(19)17-8-11-4-2-1-3-5-11/h1-5,12H,6-10,16H2,(H,17,19). The van der Waals surface area contributed by atoms with Crippen LogP contribution in [0.15, 0.2) is 30.3 Å². The molecule has 4 nitrogen and oxygen atoms in total. The van der Waals surface area contributed by atoms with Crippen molar-refractivity contribution in [1.29, 1.82) is 0 Å². The minimum atomic E-state index is -2.46. The summed E-state index contributed by atoms with van der Waals surface area (Å²) in [5.41, 5.74) is 6.30. The van der Waals surface area contributed by atoms with Gasteiger partial charge in [-0.25, -0.2) is 8.78 Å². The van der Waals surface area contributed by atoms with Crippen molar-refractivity contribution >= 4 is 5.91 Å². The molecule has 0 heterocycles. The van der Waals surface area contributed by atoms with Crippen molar-refractivity contribution in [2.24, 2.45) is 5.73 Å². The first-order valence-electron chi connectivity index (χ1n) is 6.13. The fourth-order valence-electron chi connectivity index (χ4n) is 1.67. The first-order valence-corrected chi connectivity index (χ1v) is 6.13. The van der Waals surface area contributed by atoms with Gasteiger partial charge in [0.15, 0.2) is 0 Å². The number of amides is 1. The van der Waals surface area contributed by atoms with Crippen molar-refractivity contribution in [3.63, 3.8) is 0 Å². The minimum Gasteiger partial charge on any atom is -0.351 e. The lowest BCUT2D eigenvalue weighted by molar-refractivity contribution is -0.122. The van der Waals surface area contributed by atoms with Gasteiger partial charge in [-0.15, -0.1) is 0 Å². The monoisotopic (exact) mass is 271 g/mol. The van der Waals surface area contributed by atoms with Crippen LogP contribution >= 0.6 is 0 Å². The van der Waals surface area contributed by atoms with E-state index in [4.69, 9.17) is 5.73 Å². The fourth-order valence-corrected chi connectivity index (χ4v) is 1.67. The van der Waals surface area contributed by atoms with E-state index in [9.17, 15) is 13.6 Å². The predicted molar refractivity (Wildman–Crippen MR) is 69.8 cm³/mol. The predicted octanol–water partition coefficient (Wildman–Crippen LogP) is 0.829. The Labute approximate surface area is 111 Å². The second-order valence-corrected chi connectivity index (χ2v) is 4.18. The molecule has 0 radical (unpaired) electrons. The fraction of sp³-hybridized carbons (Fsp3) is 0.462. The number of carbonyl (C=O) groups excluding carboxylic acids is 1. The van der Waals surface area contributed by atoms with Gasteiger partial charge < -0.3 is 11.1 Å². The first-order chi connectivity index (χ1) is 9.11. The summed E-state index contributed by atoms with van der Waals surface area (Å²) in [7, 11) is 0. The van der Waals surface area contributed by atoms with E-state index in [0.717, 1.165) is 5.56 Å². The summed E-state index contributed by atoms with van der Waals surface area (Å²) < 4.78 is 24.6. The maximum absolute atomic E-state index is 12.3. The van der Waals surface area contributed by atoms with Gasteiger partial charge >= 0.3 is 0 Å². The maximum atomic E-state index is 12.3. The van der Waals surface area contributed by atoms with Crippen molar-refractivity contribution < 1.29 is 13.6 Å². The SMILES string of the molecule is NCCN(CC(=O)NCc1ccccc1)CC(F)F. The average Bonchev–Trinajstić information content (AvgIpc) is 2.37. The molecule has 0 aliphatic heterocycles. The van der Waals surface area contributed by atoms with Crippen molar-refractivity contribution in [2.75, 3.05) is 26.2 Å². The number of nitrogens with one attached hydrogen (secondary N) is 1. The Morgan fingerprint density at radius 3 is 2.58 bits per heavy atom. The topological polar surface area (TPSA) is 58.4 Å². The summed E-state index contributed by atoms with van der Waals surface area (Å²) in [6, 6.07) is 9.41. The summed E-state index contributed by atoms with van der Waals surface area (Å²) in [6.07, 6.45) is -2.46. The zero-order valence-corrected chi connectivity index (χ0v) is 10.7. The lowest BCUT2D eigenvalue weighted by atomic mass is 10.2. The molecule has 0 aromatic heterocycles. The number of benzene rings is 1. The van der Waals surface area contributed by atoms with E-state index in [1.54, 1.807) is 0 Å². The molecule has 0 aliphatic rings. The molecular weight excluding hydrogens is 252 g/mol. The Kier molecular flexibility index (Phi) is 6.99. The lowest BCUT2D eigenvalue weighted by Gasteiger charge is -2.20. The van der Waals surface area contributed by atoms with Gasteiger partial charge in [0.05, 0.1) is 13.1 Å². The van der Waals surface area contributed by atoms with Gasteiger partial charge in [-0.05, 0) is 5.56 Å². The molecule has 1 rings (SSSR count). The highest BCUT2D eigenvalue weighted by Gasteiger charge is 2.14. The Morgan fingerprint density at radius 2 is 2.00 bits per heavy atom. The molecule has 0 atom stereocenters. The number of nitrogens with two attached hydrogens (primary N) is 1. The summed E-state index contributed by atoms with van der Waals surface area (Å²) in [6.45, 7) is 0.428. The van der Waals surface area contributed by atoms with Crippen LogP contribution in [0.3, 0.4) is 0 Å². The van der Waals surface area contributed by atoms with E-state index >= 15 is 0 Å². The van der Waals surface area contributed by atoms with Gasteiger partial charge in [0, 0.05) is 19.6 Å². The Hall–Kier alpha value is -1.53. The molecular formula is C13H19F2N3O. The van der Waals surface area contributed by atoms with Crippen LogP contribution in [0.1, 0.15) is 5.56 Å². The molecule has 0 aliphatic carbocycles. The van der Waals surface area contributed by atoms with Crippen LogP contribution in [0.4, 0.5) is 8.78 Å². The zero-order valence-electron chi connectivity index (χ0n) is 10.7. The van der Waals surface area contributed by atoms with Crippen LogP contribution in [0, 0.1) is 0 Å². The molecule has 0 unspecified atom stereocenters. The van der Waals surface area contributed by atoms with Crippen molar-refractivity contribution in [3.05, 3.63) is 35.9 Å². The molecule has 1 aromatic rings. The molecule has 19 heavy (non-hydrogen) atoms. The number of hydrogen-bond acceptors (Lipinski definition) is 3. The molecule has 0 bridgehead atoms. The molecule has 0 fully saturated rings. The highest BCUT2D eigenvalue weighted by Crippen LogP contribution is 1.99. The molecule has 0 saturated carbocycles. The highest BCUT2D eigenvalue weighted by molar-refractivity contribution is 5.78. The van der Waals surface area contributed by atoms with Gasteiger partial charge in [-0.3, -0.25) is 9.69 Å². The summed E-state index contributed by atoms with van der Waals surface area (Å²) in [4.78, 5) is 13.0. The molecule has 0 spiro atoms. The lowest BCUT2D eigenvalue weighted by Crippen LogP contribution is -2.41. The van der Waals surface area contributed by atoms with E-state index < -0.39 is 13.0 Å². The van der Waals surface area contributed by atoms with Crippen LogP contribution in [0.2, 0.25) is 0 Å². The van der Waals surface area contributed by atoms with Gasteiger partial charge in [-0.1, -0.05) is 30.3 Å². The normalized spacial score (nSPS) is 11.0. The number of hydrogen-bond donors (Lipinski definition) is 2. The highest BCUT2D eigenvalue weighted by atomic mass is 19.3. The quantitative estimate of drug-likeness (QED) is 0.736. The smallest absolute Gasteiger partial charge is 0.251 e. The van der Waals surface area contributed by atoms with Gasteiger partial charge in [0.25, 0.3) is 6.43 Å². The average molecular weight is 271 g/mol. The number of nitrogens with zero attached hydrogens (tertiary/aromatic N) is 1. The van der Waals surface area contributed by atoms with Crippen LogP contribution < -0.4 is 11.1 Å². The molecule has 6 heteroatoms. The first kappa shape index (κ1) is 15.5. The van der Waals surface area contributed by atoms with Crippen LogP contribution in [0.5, 0.6) is 0 Å². The van der Waals surface area contributed by atoms with Crippen LogP contribution in [-0.4, -0.2) is 43.4 Å². The number of alkyl halides is 2. The second-order valence-electron chi connectivity index (χ2n) is 4.18. The molecule has 106 valence electrons. The van der Waals surface area contributed by atoms with Crippen LogP contribution in [0.25, 0.3) is 0 Å². The van der Waals surface area contributed by atoms with Crippen molar-refractivity contribution in [3.8, 4) is 0 Å². The third kappa shape index (κ3) is 6.83. The third-order valence-electron chi connectivity index (χ3n) is 2.54. The molecule has 1 amide bonds. The third-order valence-corrected chi connectivity index (χ3v) is 2.54. The second kappa shape index (κ2) is 8.55. The van der Waals surface area contributed by atoms with E-state index in [2.05, 4.69) is 5.32 Å². The van der Waals surface area contributed by atoms with Gasteiger partial charge in [-0.2, -0.15) is 0 Å². The van der Waals surface area contributed by atoms with Gasteiger partial charge in [0.1, 0.15) is 0 Å². The summed E-state index contributed by atoms with van der Waals surface area (Å²) in [5, 5.41) is 2.69. The van der Waals surface area contributed by atoms with Crippen molar-refractivity contribution in [1.82, 2.24) is 10.2 Å². The number of halogens is 2. The minimum absolute atomic E-state index is 0.0611. The van der Waals surface area contributed by atoms with E-state index in [1.165, 1.54) is 4.90 Å². The molecule has 3 N–H and O–H groups in total. The maximum Gasteiger partial charge on any atom is 0.251 e. The Bertz CT molecular complexity index is 373.